The summed E-state index contributed by atoms with van der Waals surface area (Å²) in [5.74, 6) is 0. The van der Waals surface area contributed by atoms with Gasteiger partial charge in [0, 0.05) is 12.2 Å². The molecule has 100 valence electrons. The molecule has 5 nitrogen and oxygen atoms in total. The van der Waals surface area contributed by atoms with Crippen molar-refractivity contribution in [1.29, 1.82) is 0 Å². The number of benzene rings is 1. The van der Waals surface area contributed by atoms with Crippen LogP contribution in [0.5, 0.6) is 0 Å². The Morgan fingerprint density at radius 3 is 2.28 bits per heavy atom. The molecule has 1 aromatic carbocycles. The first-order valence-electron chi connectivity index (χ1n) is 5.98. The number of hydrogen-bond acceptors (Lipinski definition) is 4. The van der Waals surface area contributed by atoms with Crippen molar-refractivity contribution >= 4 is 15.7 Å². The average Bonchev–Trinajstić information content (AvgIpc) is 2.74. The van der Waals surface area contributed by atoms with E-state index in [0.29, 0.717) is 6.54 Å². The van der Waals surface area contributed by atoms with Crippen LogP contribution >= 0.6 is 0 Å². The molecule has 0 aromatic heterocycles. The fourth-order valence-electron chi connectivity index (χ4n) is 2.24. The van der Waals surface area contributed by atoms with Gasteiger partial charge in [0.1, 0.15) is 0 Å². The van der Waals surface area contributed by atoms with Gasteiger partial charge >= 0.3 is 0 Å². The smallest absolute Gasteiger partial charge is 0.238 e. The Balaban J connectivity index is 1.98. The summed E-state index contributed by atoms with van der Waals surface area (Å²) in [4.78, 5) is 0.0904. The third-order valence-electron chi connectivity index (χ3n) is 3.34. The van der Waals surface area contributed by atoms with Crippen LogP contribution in [0.15, 0.2) is 29.2 Å². The van der Waals surface area contributed by atoms with Gasteiger partial charge in [-0.25, -0.2) is 13.6 Å². The van der Waals surface area contributed by atoms with Crippen LogP contribution in [0, 0.1) is 0 Å². The maximum Gasteiger partial charge on any atom is 0.238 e. The van der Waals surface area contributed by atoms with Gasteiger partial charge in [-0.05, 0) is 37.1 Å². The van der Waals surface area contributed by atoms with Gasteiger partial charge in [0.15, 0.2) is 0 Å². The summed E-state index contributed by atoms with van der Waals surface area (Å²) in [5, 5.41) is 18.3. The summed E-state index contributed by atoms with van der Waals surface area (Å²) >= 11 is 0. The lowest BCUT2D eigenvalue weighted by molar-refractivity contribution is 0.0615. The molecule has 0 saturated heterocycles. The average molecular weight is 270 g/mol. The standard InChI is InChI=1S/C12H18N2O3S/c13-18(16,17)11-5-3-10(4-6-11)14-9-12(15)7-1-2-8-12/h3-6,14-15H,1-2,7-9H2,(H2,13,16,17). The zero-order valence-electron chi connectivity index (χ0n) is 10.1. The predicted molar refractivity (Wildman–Crippen MR) is 69.7 cm³/mol. The van der Waals surface area contributed by atoms with Crippen LogP contribution in [0.4, 0.5) is 5.69 Å². The molecule has 0 radical (unpaired) electrons. The molecule has 1 aliphatic carbocycles. The molecule has 1 fully saturated rings. The Bertz CT molecular complexity index is 505. The number of aliphatic hydroxyl groups is 1. The number of nitrogens with one attached hydrogen (secondary N) is 1. The third-order valence-corrected chi connectivity index (χ3v) is 4.27. The number of rotatable bonds is 4. The van der Waals surface area contributed by atoms with Gasteiger partial charge in [-0.15, -0.1) is 0 Å². The van der Waals surface area contributed by atoms with Crippen molar-refractivity contribution in [1.82, 2.24) is 0 Å². The fourth-order valence-corrected chi connectivity index (χ4v) is 2.75. The van der Waals surface area contributed by atoms with Crippen LogP contribution < -0.4 is 10.5 Å². The van der Waals surface area contributed by atoms with Crippen molar-refractivity contribution in [3.8, 4) is 0 Å². The van der Waals surface area contributed by atoms with Crippen molar-refractivity contribution in [3.05, 3.63) is 24.3 Å². The molecular formula is C12H18N2O3S. The summed E-state index contributed by atoms with van der Waals surface area (Å²) in [7, 11) is -3.64. The van der Waals surface area contributed by atoms with Gasteiger partial charge in [0.25, 0.3) is 0 Å². The minimum atomic E-state index is -3.64. The van der Waals surface area contributed by atoms with E-state index in [1.807, 2.05) is 0 Å². The van der Waals surface area contributed by atoms with Crippen LogP contribution in [0.25, 0.3) is 0 Å². The Morgan fingerprint density at radius 1 is 1.22 bits per heavy atom. The largest absolute Gasteiger partial charge is 0.388 e. The molecule has 0 heterocycles. The number of sulfonamides is 1. The highest BCUT2D eigenvalue weighted by atomic mass is 32.2. The van der Waals surface area contributed by atoms with E-state index < -0.39 is 15.6 Å². The van der Waals surface area contributed by atoms with Crippen LogP contribution in [0.3, 0.4) is 0 Å². The van der Waals surface area contributed by atoms with E-state index in [9.17, 15) is 13.5 Å². The maximum atomic E-state index is 11.1. The van der Waals surface area contributed by atoms with Gasteiger partial charge in [0.05, 0.1) is 10.5 Å². The number of anilines is 1. The molecule has 0 amide bonds. The van der Waals surface area contributed by atoms with E-state index in [1.54, 1.807) is 12.1 Å². The van der Waals surface area contributed by atoms with Gasteiger partial charge in [-0.2, -0.15) is 0 Å². The molecule has 6 heteroatoms. The van der Waals surface area contributed by atoms with Gasteiger partial charge in [-0.1, -0.05) is 12.8 Å². The zero-order chi connectivity index (χ0) is 13.2. The summed E-state index contributed by atoms with van der Waals surface area (Å²) in [6.07, 6.45) is 3.75. The summed E-state index contributed by atoms with van der Waals surface area (Å²) < 4.78 is 22.2. The topological polar surface area (TPSA) is 92.4 Å². The van der Waals surface area contributed by atoms with E-state index in [0.717, 1.165) is 31.4 Å². The van der Waals surface area contributed by atoms with Crippen LogP contribution in [-0.4, -0.2) is 25.7 Å². The maximum absolute atomic E-state index is 11.1. The first-order valence-corrected chi connectivity index (χ1v) is 7.53. The van der Waals surface area contributed by atoms with Crippen molar-refractivity contribution in [3.63, 3.8) is 0 Å². The number of hydrogen-bond donors (Lipinski definition) is 3. The van der Waals surface area contributed by atoms with E-state index in [1.165, 1.54) is 12.1 Å². The summed E-state index contributed by atoms with van der Waals surface area (Å²) in [6, 6.07) is 6.21. The van der Waals surface area contributed by atoms with E-state index in [2.05, 4.69) is 5.32 Å². The Labute approximate surface area is 107 Å². The quantitative estimate of drug-likeness (QED) is 0.762. The molecule has 0 aliphatic heterocycles. The number of primary sulfonamides is 1. The highest BCUT2D eigenvalue weighted by molar-refractivity contribution is 7.89. The molecule has 1 saturated carbocycles. The van der Waals surface area contributed by atoms with Crippen LogP contribution in [0.1, 0.15) is 25.7 Å². The molecule has 0 atom stereocenters. The fraction of sp³-hybridized carbons (Fsp3) is 0.500. The van der Waals surface area contributed by atoms with Crippen molar-refractivity contribution in [2.75, 3.05) is 11.9 Å². The lowest BCUT2D eigenvalue weighted by atomic mass is 10.0. The van der Waals surface area contributed by atoms with Gasteiger partial charge in [-0.3, -0.25) is 0 Å². The third kappa shape index (κ3) is 3.22. The zero-order valence-corrected chi connectivity index (χ0v) is 10.9. The second-order valence-electron chi connectivity index (χ2n) is 4.85. The van der Waals surface area contributed by atoms with Crippen molar-refractivity contribution < 1.29 is 13.5 Å². The van der Waals surface area contributed by atoms with Gasteiger partial charge in [0.2, 0.25) is 10.0 Å². The lowest BCUT2D eigenvalue weighted by Gasteiger charge is -2.23. The minimum Gasteiger partial charge on any atom is -0.388 e. The van der Waals surface area contributed by atoms with E-state index in [-0.39, 0.29) is 4.90 Å². The number of nitrogens with two attached hydrogens (primary N) is 1. The Hall–Kier alpha value is -1.11. The molecule has 1 aromatic rings. The SMILES string of the molecule is NS(=O)(=O)c1ccc(NCC2(O)CCCC2)cc1. The molecule has 0 spiro atoms. The lowest BCUT2D eigenvalue weighted by Crippen LogP contribution is -2.33. The van der Waals surface area contributed by atoms with Crippen molar-refractivity contribution in [2.45, 2.75) is 36.2 Å². The second-order valence-corrected chi connectivity index (χ2v) is 6.42. The van der Waals surface area contributed by atoms with Crippen LogP contribution in [0.2, 0.25) is 0 Å². The van der Waals surface area contributed by atoms with E-state index >= 15 is 0 Å². The Morgan fingerprint density at radius 2 is 1.78 bits per heavy atom. The van der Waals surface area contributed by atoms with E-state index in [4.69, 9.17) is 5.14 Å². The molecule has 2 rings (SSSR count). The molecule has 0 unspecified atom stereocenters. The first kappa shape index (κ1) is 13.3. The summed E-state index contributed by atoms with van der Waals surface area (Å²) in [5.41, 5.74) is 0.154. The van der Waals surface area contributed by atoms with Crippen LogP contribution in [-0.2, 0) is 10.0 Å². The highest BCUT2D eigenvalue weighted by Gasteiger charge is 2.30. The first-order chi connectivity index (χ1) is 8.39. The molecule has 1 aliphatic rings. The normalized spacial score (nSPS) is 18.8. The second kappa shape index (κ2) is 4.87. The molecular weight excluding hydrogens is 252 g/mol. The predicted octanol–water partition coefficient (Wildman–Crippen LogP) is 1.05. The van der Waals surface area contributed by atoms with Crippen molar-refractivity contribution in [2.24, 2.45) is 5.14 Å². The Kier molecular flexibility index (Phi) is 3.61. The highest BCUT2D eigenvalue weighted by Crippen LogP contribution is 2.29. The monoisotopic (exact) mass is 270 g/mol. The molecule has 18 heavy (non-hydrogen) atoms. The molecule has 0 bridgehead atoms. The minimum absolute atomic E-state index is 0.0904. The molecule has 4 N–H and O–H groups in total. The summed E-state index contributed by atoms with van der Waals surface area (Å²) in [6.45, 7) is 0.488. The van der Waals surface area contributed by atoms with Gasteiger partial charge < -0.3 is 10.4 Å².